The molecule has 0 bridgehead atoms. The Hall–Kier alpha value is -1.91. The maximum absolute atomic E-state index is 13.2. The minimum atomic E-state index is -0.409. The fourth-order valence-electron chi connectivity index (χ4n) is 2.61. The van der Waals surface area contributed by atoms with Crippen LogP contribution in [0.3, 0.4) is 0 Å². The molecule has 4 nitrogen and oxygen atoms in total. The zero-order valence-corrected chi connectivity index (χ0v) is 13.1. The number of rotatable bonds is 4. The van der Waals surface area contributed by atoms with Crippen LogP contribution >= 0.6 is 0 Å². The monoisotopic (exact) mass is 306 g/mol. The van der Waals surface area contributed by atoms with Crippen LogP contribution in [0, 0.1) is 11.7 Å². The van der Waals surface area contributed by atoms with E-state index in [9.17, 15) is 14.0 Å². The highest BCUT2D eigenvalue weighted by atomic mass is 19.1. The fourth-order valence-corrected chi connectivity index (χ4v) is 2.61. The quantitative estimate of drug-likeness (QED) is 0.929. The highest BCUT2D eigenvalue weighted by Crippen LogP contribution is 2.20. The molecule has 120 valence electrons. The number of hydrogen-bond donors (Lipinski definition) is 1. The smallest absolute Gasteiger partial charge is 0.253 e. The topological polar surface area (TPSA) is 49.4 Å². The lowest BCUT2D eigenvalue weighted by Crippen LogP contribution is -2.44. The normalized spacial score (nSPS) is 17.1. The summed E-state index contributed by atoms with van der Waals surface area (Å²) in [4.78, 5) is 26.1. The Morgan fingerprint density at radius 1 is 1.36 bits per heavy atom. The molecule has 1 heterocycles. The van der Waals surface area contributed by atoms with Gasteiger partial charge < -0.3 is 10.2 Å². The average Bonchev–Trinajstić information content (AvgIpc) is 2.54. The molecule has 0 spiro atoms. The van der Waals surface area contributed by atoms with Crippen LogP contribution in [0.1, 0.15) is 43.5 Å². The summed E-state index contributed by atoms with van der Waals surface area (Å²) in [6.07, 6.45) is 2.22. The van der Waals surface area contributed by atoms with E-state index in [1.807, 2.05) is 13.8 Å². The van der Waals surface area contributed by atoms with E-state index in [2.05, 4.69) is 5.32 Å². The average molecular weight is 306 g/mol. The Morgan fingerprint density at radius 2 is 2.05 bits per heavy atom. The van der Waals surface area contributed by atoms with Crippen molar-refractivity contribution < 1.29 is 14.0 Å². The Balaban J connectivity index is 1.89. The first-order valence-electron chi connectivity index (χ1n) is 7.86. The summed E-state index contributed by atoms with van der Waals surface area (Å²) >= 11 is 0. The summed E-state index contributed by atoms with van der Waals surface area (Å²) in [6.45, 7) is 5.09. The van der Waals surface area contributed by atoms with Gasteiger partial charge in [0.15, 0.2) is 0 Å². The van der Waals surface area contributed by atoms with Crippen molar-refractivity contribution in [3.63, 3.8) is 0 Å². The van der Waals surface area contributed by atoms with Crippen LogP contribution in [0.4, 0.5) is 4.39 Å². The minimum absolute atomic E-state index is 0.0365. The number of benzene rings is 1. The largest absolute Gasteiger partial charge is 0.353 e. The molecule has 0 aliphatic carbocycles. The second-order valence-electron chi connectivity index (χ2n) is 5.89. The number of piperidine rings is 1. The first-order valence-corrected chi connectivity index (χ1v) is 7.86. The molecule has 1 aliphatic rings. The molecule has 1 aromatic carbocycles. The minimum Gasteiger partial charge on any atom is -0.353 e. The van der Waals surface area contributed by atoms with Crippen molar-refractivity contribution in [3.8, 4) is 0 Å². The summed E-state index contributed by atoms with van der Waals surface area (Å²) in [6, 6.07) is 5.91. The number of hydrogen-bond acceptors (Lipinski definition) is 2. The van der Waals surface area contributed by atoms with Gasteiger partial charge in [-0.15, -0.1) is 0 Å². The summed E-state index contributed by atoms with van der Waals surface area (Å²) in [5.74, 6) is -0.535. The van der Waals surface area contributed by atoms with E-state index in [0.29, 0.717) is 31.5 Å². The number of likely N-dealkylation sites (tertiary alicyclic amines) is 1. The summed E-state index contributed by atoms with van der Waals surface area (Å²) in [7, 11) is 0. The van der Waals surface area contributed by atoms with Gasteiger partial charge in [-0.05, 0) is 44.4 Å². The molecule has 5 heteroatoms. The predicted molar refractivity (Wildman–Crippen MR) is 82.9 cm³/mol. The van der Waals surface area contributed by atoms with Gasteiger partial charge in [0.1, 0.15) is 5.82 Å². The number of carbonyl (C=O) groups excluding carboxylic acids is 2. The number of carbonyl (C=O) groups is 2. The van der Waals surface area contributed by atoms with Gasteiger partial charge in [-0.3, -0.25) is 9.59 Å². The Morgan fingerprint density at radius 3 is 2.64 bits per heavy atom. The number of nitrogens with zero attached hydrogens (tertiary/aromatic N) is 1. The third-order valence-corrected chi connectivity index (χ3v) is 4.23. The number of halogens is 1. The Labute approximate surface area is 130 Å². The first kappa shape index (κ1) is 16.5. The lowest BCUT2D eigenvalue weighted by molar-refractivity contribution is -0.126. The maximum atomic E-state index is 13.2. The van der Waals surface area contributed by atoms with Crippen LogP contribution in [0.2, 0.25) is 0 Å². The van der Waals surface area contributed by atoms with Crippen LogP contribution in [-0.2, 0) is 4.79 Å². The van der Waals surface area contributed by atoms with Crippen molar-refractivity contribution in [2.45, 2.75) is 39.2 Å². The predicted octanol–water partition coefficient (Wildman–Crippen LogP) is 2.59. The third-order valence-electron chi connectivity index (χ3n) is 4.23. The number of nitrogens with one attached hydrogen (secondary N) is 1. The molecule has 1 atom stereocenters. The molecule has 0 saturated carbocycles. The number of amides is 2. The van der Waals surface area contributed by atoms with Gasteiger partial charge in [-0.1, -0.05) is 13.0 Å². The van der Waals surface area contributed by atoms with Gasteiger partial charge in [0, 0.05) is 30.6 Å². The van der Waals surface area contributed by atoms with Crippen LogP contribution < -0.4 is 5.32 Å². The second-order valence-corrected chi connectivity index (χ2v) is 5.89. The van der Waals surface area contributed by atoms with Crippen molar-refractivity contribution in [1.29, 1.82) is 0 Å². The molecule has 1 unspecified atom stereocenters. The second kappa shape index (κ2) is 7.38. The molecular weight excluding hydrogens is 283 g/mol. The first-order chi connectivity index (χ1) is 10.5. The van der Waals surface area contributed by atoms with E-state index in [1.165, 1.54) is 18.2 Å². The molecule has 22 heavy (non-hydrogen) atoms. The van der Waals surface area contributed by atoms with Gasteiger partial charge in [0.2, 0.25) is 5.91 Å². The van der Waals surface area contributed by atoms with Gasteiger partial charge in [0.25, 0.3) is 5.91 Å². The Kier molecular flexibility index (Phi) is 5.52. The maximum Gasteiger partial charge on any atom is 0.253 e. The highest BCUT2D eigenvalue weighted by molar-refractivity contribution is 5.94. The van der Waals surface area contributed by atoms with E-state index >= 15 is 0 Å². The van der Waals surface area contributed by atoms with Crippen LogP contribution in [0.5, 0.6) is 0 Å². The molecule has 1 saturated heterocycles. The van der Waals surface area contributed by atoms with Gasteiger partial charge in [-0.2, -0.15) is 0 Å². The highest BCUT2D eigenvalue weighted by Gasteiger charge is 2.28. The van der Waals surface area contributed by atoms with E-state index in [-0.39, 0.29) is 23.8 Å². The zero-order valence-electron chi connectivity index (χ0n) is 13.1. The molecule has 1 fully saturated rings. The van der Waals surface area contributed by atoms with Crippen molar-refractivity contribution in [1.82, 2.24) is 10.2 Å². The van der Waals surface area contributed by atoms with Crippen LogP contribution in [-0.4, -0.2) is 35.8 Å². The van der Waals surface area contributed by atoms with Gasteiger partial charge >= 0.3 is 0 Å². The van der Waals surface area contributed by atoms with Gasteiger partial charge in [0.05, 0.1) is 0 Å². The van der Waals surface area contributed by atoms with E-state index in [1.54, 1.807) is 11.0 Å². The lowest BCUT2D eigenvalue weighted by atomic mass is 9.95. The molecular formula is C17H23FN2O2. The van der Waals surface area contributed by atoms with E-state index in [0.717, 1.165) is 6.42 Å². The molecule has 0 radical (unpaired) electrons. The molecule has 1 aromatic rings. The Bertz CT molecular complexity index is 539. The molecule has 1 aliphatic heterocycles. The van der Waals surface area contributed by atoms with Gasteiger partial charge in [-0.25, -0.2) is 4.39 Å². The summed E-state index contributed by atoms with van der Waals surface area (Å²) in [5.41, 5.74) is 0.363. The summed E-state index contributed by atoms with van der Waals surface area (Å²) < 4.78 is 13.2. The van der Waals surface area contributed by atoms with E-state index < -0.39 is 5.82 Å². The molecule has 2 rings (SSSR count). The van der Waals surface area contributed by atoms with Crippen LogP contribution in [0.15, 0.2) is 24.3 Å². The standard InChI is InChI=1S/C17H23FN2O2/c1-3-12(2)19-16(21)13-7-9-20(10-8-13)17(22)14-5-4-6-15(18)11-14/h4-6,11-13H,3,7-10H2,1-2H3,(H,19,21). The molecule has 0 aromatic heterocycles. The molecule has 2 amide bonds. The summed E-state index contributed by atoms with van der Waals surface area (Å²) in [5, 5.41) is 2.99. The molecule has 1 N–H and O–H groups in total. The van der Waals surface area contributed by atoms with Crippen molar-refractivity contribution in [3.05, 3.63) is 35.6 Å². The van der Waals surface area contributed by atoms with E-state index in [4.69, 9.17) is 0 Å². The van der Waals surface area contributed by atoms with Crippen LogP contribution in [0.25, 0.3) is 0 Å². The van der Waals surface area contributed by atoms with Crippen molar-refractivity contribution in [2.24, 2.45) is 5.92 Å². The van der Waals surface area contributed by atoms with Crippen molar-refractivity contribution >= 4 is 11.8 Å². The third kappa shape index (κ3) is 4.06. The SMILES string of the molecule is CCC(C)NC(=O)C1CCN(C(=O)c2cccc(F)c2)CC1. The lowest BCUT2D eigenvalue weighted by Gasteiger charge is -2.32. The zero-order chi connectivity index (χ0) is 16.1. The van der Waals surface area contributed by atoms with Crippen molar-refractivity contribution in [2.75, 3.05) is 13.1 Å². The fraction of sp³-hybridized carbons (Fsp3) is 0.529.